The average Bonchev–Trinajstić information content (AvgIpc) is 3.50. The van der Waals surface area contributed by atoms with Gasteiger partial charge in [-0.25, -0.2) is 0 Å². The topological polar surface area (TPSA) is 8.17 Å². The summed E-state index contributed by atoms with van der Waals surface area (Å²) in [6.07, 6.45) is 0. The Morgan fingerprint density at radius 2 is 1.05 bits per heavy atom. The lowest BCUT2D eigenvalue weighted by Gasteiger charge is -2.28. The molecule has 1 heterocycles. The van der Waals surface area contributed by atoms with E-state index >= 15 is 0 Å². The van der Waals surface area contributed by atoms with E-state index in [9.17, 15) is 0 Å². The van der Waals surface area contributed by atoms with Crippen molar-refractivity contribution < 1.29 is 0 Å². The second-order valence-electron chi connectivity index (χ2n) is 12.9. The highest BCUT2D eigenvalue weighted by atomic mass is 15.1. The standard InChI is InChI=1S/C42H36N2/c1-28(2)29-18-20-31(21-19-29)43(30-12-6-5-7-13-30)32-22-24-34-35-25-23-33(27-39(35)42(3,4)38(34)26-32)44-40-16-10-8-14-36(40)37-15-9-11-17-41(37)44/h5-28H,1-4H3. The summed E-state index contributed by atoms with van der Waals surface area (Å²) in [7, 11) is 0. The van der Waals surface area contributed by atoms with E-state index < -0.39 is 0 Å². The minimum absolute atomic E-state index is 0.153. The van der Waals surface area contributed by atoms with Gasteiger partial charge in [0.1, 0.15) is 0 Å². The molecule has 0 saturated carbocycles. The lowest BCUT2D eigenvalue weighted by atomic mass is 9.82. The first-order valence-corrected chi connectivity index (χ1v) is 15.6. The maximum absolute atomic E-state index is 2.42. The number of hydrogen-bond donors (Lipinski definition) is 0. The number of rotatable bonds is 5. The van der Waals surface area contributed by atoms with E-state index in [0.29, 0.717) is 5.92 Å². The maximum atomic E-state index is 2.42. The van der Waals surface area contributed by atoms with E-state index in [1.54, 1.807) is 0 Å². The fourth-order valence-corrected chi connectivity index (χ4v) is 7.22. The first-order chi connectivity index (χ1) is 21.4. The highest BCUT2D eigenvalue weighted by Crippen LogP contribution is 2.51. The summed E-state index contributed by atoms with van der Waals surface area (Å²) in [6, 6.07) is 51.3. The van der Waals surface area contributed by atoms with Gasteiger partial charge in [0.15, 0.2) is 0 Å². The number of para-hydroxylation sites is 3. The van der Waals surface area contributed by atoms with Crippen molar-refractivity contribution in [1.82, 2.24) is 4.57 Å². The fraction of sp³-hybridized carbons (Fsp3) is 0.143. The van der Waals surface area contributed by atoms with Gasteiger partial charge in [0.25, 0.3) is 0 Å². The van der Waals surface area contributed by atoms with E-state index in [-0.39, 0.29) is 5.41 Å². The molecule has 1 aliphatic carbocycles. The molecule has 0 aliphatic heterocycles. The SMILES string of the molecule is CC(C)c1ccc(N(c2ccccc2)c2ccc3c(c2)C(C)(C)c2cc(-n4c5ccccc5c5ccccc54)ccc2-3)cc1. The molecule has 6 aromatic carbocycles. The largest absolute Gasteiger partial charge is 0.310 e. The Hall–Kier alpha value is -5.08. The van der Waals surface area contributed by atoms with Gasteiger partial charge < -0.3 is 9.47 Å². The summed E-state index contributed by atoms with van der Waals surface area (Å²) >= 11 is 0. The Kier molecular flexibility index (Phi) is 6.03. The second kappa shape index (κ2) is 9.99. The molecule has 0 N–H and O–H groups in total. The minimum Gasteiger partial charge on any atom is -0.310 e. The molecule has 44 heavy (non-hydrogen) atoms. The van der Waals surface area contributed by atoms with Gasteiger partial charge in [0.2, 0.25) is 0 Å². The van der Waals surface area contributed by atoms with Crippen LogP contribution >= 0.6 is 0 Å². The Morgan fingerprint density at radius 1 is 0.523 bits per heavy atom. The molecule has 2 nitrogen and oxygen atoms in total. The molecule has 0 atom stereocenters. The molecule has 0 spiro atoms. The zero-order valence-corrected chi connectivity index (χ0v) is 25.8. The van der Waals surface area contributed by atoms with E-state index in [4.69, 9.17) is 0 Å². The van der Waals surface area contributed by atoms with Crippen molar-refractivity contribution in [3.63, 3.8) is 0 Å². The first kappa shape index (κ1) is 26.5. The zero-order valence-electron chi connectivity index (χ0n) is 25.8. The Labute approximate surface area is 259 Å². The van der Waals surface area contributed by atoms with Gasteiger partial charge in [-0.1, -0.05) is 107 Å². The van der Waals surface area contributed by atoms with Crippen LogP contribution in [0.3, 0.4) is 0 Å². The van der Waals surface area contributed by atoms with Crippen LogP contribution < -0.4 is 4.90 Å². The van der Waals surface area contributed by atoms with Crippen molar-refractivity contribution in [3.05, 3.63) is 156 Å². The number of aromatic nitrogens is 1. The van der Waals surface area contributed by atoms with Crippen LogP contribution in [0.2, 0.25) is 0 Å². The van der Waals surface area contributed by atoms with Crippen molar-refractivity contribution in [1.29, 1.82) is 0 Å². The van der Waals surface area contributed by atoms with Gasteiger partial charge in [-0.15, -0.1) is 0 Å². The Morgan fingerprint density at radius 3 is 1.68 bits per heavy atom. The van der Waals surface area contributed by atoms with Crippen LogP contribution in [0.5, 0.6) is 0 Å². The lowest BCUT2D eigenvalue weighted by Crippen LogP contribution is -2.17. The van der Waals surface area contributed by atoms with Crippen LogP contribution in [0.1, 0.15) is 50.3 Å². The Balaban J connectivity index is 1.26. The van der Waals surface area contributed by atoms with Crippen LogP contribution in [0.15, 0.2) is 140 Å². The fourth-order valence-electron chi connectivity index (χ4n) is 7.22. The molecule has 214 valence electrons. The second-order valence-corrected chi connectivity index (χ2v) is 12.9. The third-order valence-electron chi connectivity index (χ3n) is 9.57. The highest BCUT2D eigenvalue weighted by Gasteiger charge is 2.36. The van der Waals surface area contributed by atoms with Crippen molar-refractivity contribution in [2.45, 2.75) is 39.0 Å². The molecule has 0 radical (unpaired) electrons. The van der Waals surface area contributed by atoms with Gasteiger partial charge in [0, 0.05) is 38.9 Å². The first-order valence-electron chi connectivity index (χ1n) is 15.6. The average molecular weight is 569 g/mol. The number of hydrogen-bond acceptors (Lipinski definition) is 1. The number of anilines is 3. The number of nitrogens with zero attached hydrogens (tertiary/aromatic N) is 2. The Bertz CT molecular complexity index is 2110. The third kappa shape index (κ3) is 4.02. The van der Waals surface area contributed by atoms with Gasteiger partial charge in [-0.2, -0.15) is 0 Å². The van der Waals surface area contributed by atoms with Crippen LogP contribution in [-0.2, 0) is 5.41 Å². The monoisotopic (exact) mass is 568 g/mol. The molecule has 0 unspecified atom stereocenters. The summed E-state index contributed by atoms with van der Waals surface area (Å²) in [5.41, 5.74) is 13.8. The van der Waals surface area contributed by atoms with Gasteiger partial charge >= 0.3 is 0 Å². The summed E-state index contributed by atoms with van der Waals surface area (Å²) in [5.74, 6) is 0.501. The van der Waals surface area contributed by atoms with E-state index in [1.165, 1.54) is 66.7 Å². The van der Waals surface area contributed by atoms with E-state index in [0.717, 1.165) is 5.69 Å². The minimum atomic E-state index is -0.153. The molecule has 0 bridgehead atoms. The molecular formula is C42H36N2. The highest BCUT2D eigenvalue weighted by molar-refractivity contribution is 6.09. The van der Waals surface area contributed by atoms with Gasteiger partial charge in [-0.05, 0) is 94.4 Å². The van der Waals surface area contributed by atoms with Crippen molar-refractivity contribution in [3.8, 4) is 16.8 Å². The molecular weight excluding hydrogens is 532 g/mol. The summed E-state index contributed by atoms with van der Waals surface area (Å²) in [6.45, 7) is 9.25. The normalized spacial score (nSPS) is 13.4. The molecule has 0 saturated heterocycles. The predicted molar refractivity (Wildman–Crippen MR) is 187 cm³/mol. The van der Waals surface area contributed by atoms with E-state index in [1.807, 2.05) is 0 Å². The molecule has 1 aromatic heterocycles. The smallest absolute Gasteiger partial charge is 0.0541 e. The molecule has 2 heteroatoms. The van der Waals surface area contributed by atoms with Crippen molar-refractivity contribution in [2.75, 3.05) is 4.90 Å². The molecule has 8 rings (SSSR count). The van der Waals surface area contributed by atoms with Crippen molar-refractivity contribution in [2.24, 2.45) is 0 Å². The summed E-state index contributed by atoms with van der Waals surface area (Å²) < 4.78 is 2.42. The summed E-state index contributed by atoms with van der Waals surface area (Å²) in [5, 5.41) is 2.58. The zero-order chi connectivity index (χ0) is 30.0. The molecule has 7 aromatic rings. The maximum Gasteiger partial charge on any atom is 0.0541 e. The molecule has 1 aliphatic rings. The lowest BCUT2D eigenvalue weighted by molar-refractivity contribution is 0.660. The van der Waals surface area contributed by atoms with Gasteiger partial charge in [0.05, 0.1) is 11.0 Å². The predicted octanol–water partition coefficient (Wildman–Crippen LogP) is 11.7. The van der Waals surface area contributed by atoms with Gasteiger partial charge in [-0.3, -0.25) is 0 Å². The quantitative estimate of drug-likeness (QED) is 0.200. The molecule has 0 fully saturated rings. The summed E-state index contributed by atoms with van der Waals surface area (Å²) in [4.78, 5) is 2.38. The van der Waals surface area contributed by atoms with Crippen LogP contribution in [0, 0.1) is 0 Å². The van der Waals surface area contributed by atoms with Crippen molar-refractivity contribution >= 4 is 38.9 Å². The van der Waals surface area contributed by atoms with Crippen LogP contribution in [0.4, 0.5) is 17.1 Å². The number of benzene rings is 6. The molecule has 0 amide bonds. The third-order valence-corrected chi connectivity index (χ3v) is 9.57. The van der Waals surface area contributed by atoms with Crippen LogP contribution in [-0.4, -0.2) is 4.57 Å². The van der Waals surface area contributed by atoms with E-state index in [2.05, 4.69) is 177 Å². The number of fused-ring (bicyclic) bond motifs is 6. The van der Waals surface area contributed by atoms with Crippen LogP contribution in [0.25, 0.3) is 38.6 Å².